The van der Waals surface area contributed by atoms with E-state index in [2.05, 4.69) is 0 Å². The Bertz CT molecular complexity index is 539. The van der Waals surface area contributed by atoms with Crippen LogP contribution in [0.2, 0.25) is 0 Å². The number of carboxylic acids is 1. The number of aromatic nitrogens is 1. The molecule has 1 saturated heterocycles. The average molecular weight is 281 g/mol. The van der Waals surface area contributed by atoms with Crippen LogP contribution in [0, 0.1) is 0 Å². The van der Waals surface area contributed by atoms with E-state index in [1.807, 2.05) is 0 Å². The lowest BCUT2D eigenvalue weighted by Crippen LogP contribution is -2.55. The van der Waals surface area contributed by atoms with Gasteiger partial charge in [0.2, 0.25) is 11.8 Å². The average Bonchev–Trinajstić information content (AvgIpc) is 2.87. The molecule has 8 nitrogen and oxygen atoms in total. The molecule has 2 heterocycles. The topological polar surface area (TPSA) is 115 Å². The lowest BCUT2D eigenvalue weighted by Gasteiger charge is -2.33. The molecular formula is C12H15N3O5. The molecule has 108 valence electrons. The highest BCUT2D eigenvalue weighted by molar-refractivity contribution is 5.89. The van der Waals surface area contributed by atoms with Crippen LogP contribution in [0.1, 0.15) is 10.5 Å². The molecule has 1 fully saturated rings. The first-order valence-electron chi connectivity index (χ1n) is 6.05. The molecule has 1 aliphatic rings. The van der Waals surface area contributed by atoms with Crippen molar-refractivity contribution in [3.8, 4) is 0 Å². The predicted molar refractivity (Wildman–Crippen MR) is 66.9 cm³/mol. The molecule has 2 amide bonds. The number of nitrogens with zero attached hydrogens (tertiary/aromatic N) is 2. The van der Waals surface area contributed by atoms with Crippen LogP contribution in [-0.2, 0) is 20.9 Å². The predicted octanol–water partition coefficient (Wildman–Crippen LogP) is -1.10. The Labute approximate surface area is 114 Å². The van der Waals surface area contributed by atoms with Crippen molar-refractivity contribution in [2.24, 2.45) is 5.73 Å². The number of hydrogen-bond acceptors (Lipinski definition) is 4. The first-order chi connectivity index (χ1) is 9.50. The summed E-state index contributed by atoms with van der Waals surface area (Å²) in [4.78, 5) is 35.8. The number of ether oxygens (including phenoxy) is 1. The summed E-state index contributed by atoms with van der Waals surface area (Å²) >= 11 is 0. The Morgan fingerprint density at radius 1 is 1.45 bits per heavy atom. The summed E-state index contributed by atoms with van der Waals surface area (Å²) < 4.78 is 6.44. The number of amides is 2. The normalized spacial score (nSPS) is 18.8. The number of carboxylic acid groups (broad SMARTS) is 1. The molecule has 0 aliphatic carbocycles. The van der Waals surface area contributed by atoms with E-state index in [4.69, 9.17) is 15.6 Å². The van der Waals surface area contributed by atoms with E-state index in [9.17, 15) is 14.4 Å². The van der Waals surface area contributed by atoms with Crippen LogP contribution in [0.3, 0.4) is 0 Å². The third-order valence-corrected chi connectivity index (χ3v) is 3.13. The second-order valence-corrected chi connectivity index (χ2v) is 4.41. The maximum atomic E-state index is 12.2. The lowest BCUT2D eigenvalue weighted by atomic mass is 10.2. The van der Waals surface area contributed by atoms with Crippen LogP contribution in [0.4, 0.5) is 0 Å². The Kier molecular flexibility index (Phi) is 4.04. The molecule has 2 rings (SSSR count). The van der Waals surface area contributed by atoms with E-state index in [1.165, 1.54) is 21.7 Å². The minimum atomic E-state index is -1.11. The number of carbonyl (C=O) groups excluding carboxylic acids is 2. The van der Waals surface area contributed by atoms with Gasteiger partial charge in [0.25, 0.3) is 0 Å². The summed E-state index contributed by atoms with van der Waals surface area (Å²) in [5.41, 5.74) is 5.25. The molecule has 3 N–H and O–H groups in total. The molecule has 1 aromatic rings. The quantitative estimate of drug-likeness (QED) is 0.727. The Morgan fingerprint density at radius 3 is 2.85 bits per heavy atom. The molecule has 20 heavy (non-hydrogen) atoms. The number of nitrogens with two attached hydrogens (primary N) is 1. The number of carbonyl (C=O) groups is 3. The molecule has 0 bridgehead atoms. The zero-order chi connectivity index (χ0) is 14.7. The van der Waals surface area contributed by atoms with Gasteiger partial charge in [-0.25, -0.2) is 4.79 Å². The smallest absolute Gasteiger partial charge is 0.352 e. The van der Waals surface area contributed by atoms with Gasteiger partial charge < -0.3 is 25.0 Å². The van der Waals surface area contributed by atoms with E-state index >= 15 is 0 Å². The van der Waals surface area contributed by atoms with Gasteiger partial charge in [0.1, 0.15) is 18.3 Å². The number of hydrogen-bond donors (Lipinski definition) is 2. The van der Waals surface area contributed by atoms with Gasteiger partial charge in [0, 0.05) is 12.7 Å². The molecule has 1 aromatic heterocycles. The number of rotatable bonds is 4. The minimum Gasteiger partial charge on any atom is -0.477 e. The zero-order valence-electron chi connectivity index (χ0n) is 10.7. The van der Waals surface area contributed by atoms with E-state index < -0.39 is 17.9 Å². The highest BCUT2D eigenvalue weighted by Crippen LogP contribution is 2.10. The largest absolute Gasteiger partial charge is 0.477 e. The highest BCUT2D eigenvalue weighted by Gasteiger charge is 2.31. The molecular weight excluding hydrogens is 266 g/mol. The van der Waals surface area contributed by atoms with Crippen LogP contribution in [0.25, 0.3) is 0 Å². The van der Waals surface area contributed by atoms with Crippen molar-refractivity contribution in [1.82, 2.24) is 9.47 Å². The molecule has 1 aliphatic heterocycles. The molecule has 0 aromatic carbocycles. The van der Waals surface area contributed by atoms with E-state index in [0.29, 0.717) is 6.61 Å². The number of aromatic carboxylic acids is 1. The molecule has 1 unspecified atom stereocenters. The lowest BCUT2D eigenvalue weighted by molar-refractivity contribution is -0.147. The minimum absolute atomic E-state index is 0.0160. The van der Waals surface area contributed by atoms with Crippen molar-refractivity contribution in [2.45, 2.75) is 12.6 Å². The molecule has 0 radical (unpaired) electrons. The van der Waals surface area contributed by atoms with E-state index in [0.717, 1.165) is 0 Å². The summed E-state index contributed by atoms with van der Waals surface area (Å²) in [5, 5.41) is 8.98. The summed E-state index contributed by atoms with van der Waals surface area (Å²) in [6.07, 6.45) is 1.50. The second-order valence-electron chi connectivity index (χ2n) is 4.41. The maximum absolute atomic E-state index is 12.2. The van der Waals surface area contributed by atoms with Gasteiger partial charge in [0.15, 0.2) is 0 Å². The van der Waals surface area contributed by atoms with Crippen LogP contribution < -0.4 is 5.73 Å². The first kappa shape index (κ1) is 14.1. The van der Waals surface area contributed by atoms with Gasteiger partial charge in [-0.05, 0) is 12.1 Å². The van der Waals surface area contributed by atoms with E-state index in [-0.39, 0.29) is 31.3 Å². The maximum Gasteiger partial charge on any atom is 0.352 e. The highest BCUT2D eigenvalue weighted by atomic mass is 16.5. The van der Waals surface area contributed by atoms with Gasteiger partial charge >= 0.3 is 5.97 Å². The van der Waals surface area contributed by atoms with Crippen LogP contribution in [0.15, 0.2) is 18.3 Å². The fraction of sp³-hybridized carbons (Fsp3) is 0.417. The van der Waals surface area contributed by atoms with Crippen molar-refractivity contribution in [3.05, 3.63) is 24.0 Å². The van der Waals surface area contributed by atoms with Crippen molar-refractivity contribution >= 4 is 17.8 Å². The molecule has 8 heteroatoms. The van der Waals surface area contributed by atoms with Crippen LogP contribution in [-0.4, -0.2) is 58.2 Å². The Morgan fingerprint density at radius 2 is 2.20 bits per heavy atom. The van der Waals surface area contributed by atoms with Crippen LogP contribution >= 0.6 is 0 Å². The van der Waals surface area contributed by atoms with Crippen molar-refractivity contribution in [3.63, 3.8) is 0 Å². The van der Waals surface area contributed by atoms with Crippen molar-refractivity contribution in [2.75, 3.05) is 19.8 Å². The monoisotopic (exact) mass is 281 g/mol. The van der Waals surface area contributed by atoms with Gasteiger partial charge in [-0.15, -0.1) is 0 Å². The van der Waals surface area contributed by atoms with Gasteiger partial charge in [-0.1, -0.05) is 0 Å². The summed E-state index contributed by atoms with van der Waals surface area (Å²) in [6, 6.07) is 2.14. The third-order valence-electron chi connectivity index (χ3n) is 3.13. The Balaban J connectivity index is 2.12. The number of primary amides is 1. The van der Waals surface area contributed by atoms with Crippen molar-refractivity contribution in [1.29, 1.82) is 0 Å². The summed E-state index contributed by atoms with van der Waals surface area (Å²) in [5.74, 6) is -2.11. The van der Waals surface area contributed by atoms with Gasteiger partial charge in [0.05, 0.1) is 13.2 Å². The fourth-order valence-corrected chi connectivity index (χ4v) is 2.12. The molecule has 1 atom stereocenters. The standard InChI is InChI=1S/C12H15N3O5/c13-11(17)9-7-20-5-4-15(9)10(16)6-14-3-1-2-8(14)12(18)19/h1-3,9H,4-7H2,(H2,13,17)(H,18,19). The van der Waals surface area contributed by atoms with E-state index in [1.54, 1.807) is 6.07 Å². The Hall–Kier alpha value is -2.35. The number of morpholine rings is 1. The van der Waals surface area contributed by atoms with Crippen molar-refractivity contribution < 1.29 is 24.2 Å². The molecule has 0 saturated carbocycles. The molecule has 0 spiro atoms. The van der Waals surface area contributed by atoms with Gasteiger partial charge in [-0.3, -0.25) is 9.59 Å². The zero-order valence-corrected chi connectivity index (χ0v) is 10.7. The first-order valence-corrected chi connectivity index (χ1v) is 6.05. The summed E-state index contributed by atoms with van der Waals surface area (Å²) in [7, 11) is 0. The summed E-state index contributed by atoms with van der Waals surface area (Å²) in [6.45, 7) is 0.500. The van der Waals surface area contributed by atoms with Crippen LogP contribution in [0.5, 0.6) is 0 Å². The second kappa shape index (κ2) is 5.74. The van der Waals surface area contributed by atoms with Gasteiger partial charge in [-0.2, -0.15) is 0 Å². The third kappa shape index (κ3) is 2.80. The SMILES string of the molecule is NC(=O)C1COCCN1C(=O)Cn1cccc1C(=O)O. The fourth-order valence-electron chi connectivity index (χ4n) is 2.12.